The second kappa shape index (κ2) is 7.51. The van der Waals surface area contributed by atoms with E-state index in [2.05, 4.69) is 25.1 Å². The third-order valence-electron chi connectivity index (χ3n) is 4.60. The lowest BCUT2D eigenvalue weighted by atomic mass is 9.96. The molecule has 9 heteroatoms. The smallest absolute Gasteiger partial charge is 0.284 e. The number of piperazine rings is 1. The van der Waals surface area contributed by atoms with Crippen LogP contribution in [-0.2, 0) is 4.79 Å². The van der Waals surface area contributed by atoms with E-state index in [1.807, 2.05) is 20.8 Å². The second-order valence-electron chi connectivity index (χ2n) is 7.72. The maximum Gasteiger partial charge on any atom is 0.284 e. The van der Waals surface area contributed by atoms with E-state index in [9.17, 15) is 9.59 Å². The zero-order valence-electron chi connectivity index (χ0n) is 16.0. The minimum atomic E-state index is -0.624. The number of carbonyl (C=O) groups is 2. The molecule has 3 rings (SSSR count). The number of aromatic nitrogens is 2. The molecule has 1 aliphatic heterocycles. The van der Waals surface area contributed by atoms with Crippen molar-refractivity contribution in [1.82, 2.24) is 20.2 Å². The van der Waals surface area contributed by atoms with Crippen LogP contribution >= 0.6 is 0 Å². The molecule has 1 fully saturated rings. The molecule has 0 spiro atoms. The molecular weight excluding hydrogens is 348 g/mol. The fourth-order valence-electron chi connectivity index (χ4n) is 2.96. The number of carbonyl (C=O) groups excluding carboxylic acids is 2. The van der Waals surface area contributed by atoms with Crippen molar-refractivity contribution in [1.29, 1.82) is 0 Å². The van der Waals surface area contributed by atoms with Crippen LogP contribution in [0.2, 0.25) is 0 Å². The van der Waals surface area contributed by atoms with E-state index in [0.29, 0.717) is 23.5 Å². The molecule has 146 valence electrons. The van der Waals surface area contributed by atoms with E-state index in [0.717, 1.165) is 32.7 Å². The van der Waals surface area contributed by atoms with Gasteiger partial charge in [0.1, 0.15) is 11.8 Å². The van der Waals surface area contributed by atoms with Crippen LogP contribution in [0.4, 0.5) is 5.82 Å². The Labute approximate surface area is 157 Å². The third kappa shape index (κ3) is 4.36. The molecule has 3 N–H and O–H groups in total. The Hall–Kier alpha value is -2.68. The predicted molar refractivity (Wildman–Crippen MR) is 101 cm³/mol. The van der Waals surface area contributed by atoms with Gasteiger partial charge in [-0.2, -0.15) is 0 Å². The number of nitrogens with one attached hydrogen (secondary N) is 1. The van der Waals surface area contributed by atoms with E-state index in [4.69, 9.17) is 10.2 Å². The van der Waals surface area contributed by atoms with E-state index in [1.54, 1.807) is 0 Å². The normalized spacial score (nSPS) is 15.9. The summed E-state index contributed by atoms with van der Waals surface area (Å²) in [6.07, 6.45) is 1.46. The number of amides is 2. The summed E-state index contributed by atoms with van der Waals surface area (Å²) in [4.78, 5) is 36.2. The summed E-state index contributed by atoms with van der Waals surface area (Å²) in [7, 11) is 0. The molecule has 0 aromatic carbocycles. The Morgan fingerprint density at radius 3 is 2.56 bits per heavy atom. The molecule has 3 heterocycles. The number of primary amides is 1. The minimum absolute atomic E-state index is 0.0626. The average Bonchev–Trinajstić information content (AvgIpc) is 3.06. The molecule has 2 aromatic rings. The summed E-state index contributed by atoms with van der Waals surface area (Å²) in [5.41, 5.74) is 5.97. The lowest BCUT2D eigenvalue weighted by molar-refractivity contribution is -0.128. The van der Waals surface area contributed by atoms with Gasteiger partial charge in [-0.05, 0) is 0 Å². The SMILES string of the molecule is CC(C)(C)C(=O)NCCN1CCN(c2ncnc3cc(C(N)=O)oc23)CC1. The van der Waals surface area contributed by atoms with Gasteiger partial charge in [-0.15, -0.1) is 0 Å². The molecule has 2 aromatic heterocycles. The lowest BCUT2D eigenvalue weighted by Crippen LogP contribution is -2.49. The highest BCUT2D eigenvalue weighted by molar-refractivity contribution is 5.96. The highest BCUT2D eigenvalue weighted by Crippen LogP contribution is 2.26. The van der Waals surface area contributed by atoms with Gasteiger partial charge in [0.25, 0.3) is 5.91 Å². The second-order valence-corrected chi connectivity index (χ2v) is 7.72. The van der Waals surface area contributed by atoms with Crippen LogP contribution in [0.3, 0.4) is 0 Å². The highest BCUT2D eigenvalue weighted by atomic mass is 16.3. The van der Waals surface area contributed by atoms with Crippen LogP contribution in [0, 0.1) is 5.41 Å². The first-order chi connectivity index (χ1) is 12.8. The summed E-state index contributed by atoms with van der Waals surface area (Å²) in [6, 6.07) is 1.54. The van der Waals surface area contributed by atoms with Gasteiger partial charge >= 0.3 is 0 Å². The Morgan fingerprint density at radius 2 is 1.93 bits per heavy atom. The van der Waals surface area contributed by atoms with Gasteiger partial charge in [0.15, 0.2) is 17.2 Å². The topological polar surface area (TPSA) is 118 Å². The quantitative estimate of drug-likeness (QED) is 0.787. The van der Waals surface area contributed by atoms with Crippen molar-refractivity contribution in [2.45, 2.75) is 20.8 Å². The van der Waals surface area contributed by atoms with Crippen LogP contribution in [0.15, 0.2) is 16.8 Å². The number of hydrogen-bond acceptors (Lipinski definition) is 7. The molecule has 2 amide bonds. The Balaban J connectivity index is 1.57. The van der Waals surface area contributed by atoms with Crippen molar-refractivity contribution >= 4 is 28.7 Å². The van der Waals surface area contributed by atoms with Crippen LogP contribution < -0.4 is 16.0 Å². The van der Waals surface area contributed by atoms with Gasteiger partial charge in [-0.3, -0.25) is 14.5 Å². The molecule has 0 saturated carbocycles. The van der Waals surface area contributed by atoms with E-state index >= 15 is 0 Å². The van der Waals surface area contributed by atoms with Gasteiger partial charge in [0, 0.05) is 50.7 Å². The maximum absolute atomic E-state index is 11.9. The maximum atomic E-state index is 11.9. The number of hydrogen-bond donors (Lipinski definition) is 2. The van der Waals surface area contributed by atoms with E-state index < -0.39 is 5.91 Å². The van der Waals surface area contributed by atoms with Crippen molar-refractivity contribution in [2.24, 2.45) is 11.1 Å². The zero-order chi connectivity index (χ0) is 19.6. The number of nitrogens with two attached hydrogens (primary N) is 1. The fourth-order valence-corrected chi connectivity index (χ4v) is 2.96. The van der Waals surface area contributed by atoms with E-state index in [1.165, 1.54) is 12.4 Å². The van der Waals surface area contributed by atoms with Crippen molar-refractivity contribution < 1.29 is 14.0 Å². The average molecular weight is 374 g/mol. The standard InChI is InChI=1S/C18H26N6O3/c1-18(2,3)17(26)20-4-5-23-6-8-24(9-7-23)16-14-12(21-11-22-16)10-13(27-14)15(19)25/h10-11H,4-9H2,1-3H3,(H2,19,25)(H,20,26). The number of fused-ring (bicyclic) bond motifs is 1. The summed E-state index contributed by atoms with van der Waals surface area (Å²) in [5, 5.41) is 2.98. The molecule has 1 saturated heterocycles. The number of furan rings is 1. The van der Waals surface area contributed by atoms with Crippen molar-refractivity contribution in [3.05, 3.63) is 18.2 Å². The summed E-state index contributed by atoms with van der Waals surface area (Å²) >= 11 is 0. The van der Waals surface area contributed by atoms with Crippen LogP contribution in [0.5, 0.6) is 0 Å². The summed E-state index contributed by atoms with van der Waals surface area (Å²) in [6.45, 7) is 10.4. The summed E-state index contributed by atoms with van der Waals surface area (Å²) < 4.78 is 5.56. The molecule has 0 aliphatic carbocycles. The Kier molecular flexibility index (Phi) is 5.31. The molecule has 1 aliphatic rings. The molecule has 0 radical (unpaired) electrons. The molecule has 9 nitrogen and oxygen atoms in total. The van der Waals surface area contributed by atoms with Gasteiger partial charge in [-0.25, -0.2) is 9.97 Å². The number of nitrogens with zero attached hydrogens (tertiary/aromatic N) is 4. The van der Waals surface area contributed by atoms with Crippen molar-refractivity contribution in [3.8, 4) is 0 Å². The van der Waals surface area contributed by atoms with Gasteiger partial charge in [-0.1, -0.05) is 20.8 Å². The zero-order valence-corrected chi connectivity index (χ0v) is 16.0. The van der Waals surface area contributed by atoms with Gasteiger partial charge in [0.2, 0.25) is 5.91 Å². The van der Waals surface area contributed by atoms with Crippen LogP contribution in [0.25, 0.3) is 11.1 Å². The van der Waals surface area contributed by atoms with Gasteiger partial charge in [0.05, 0.1) is 0 Å². The van der Waals surface area contributed by atoms with Gasteiger partial charge < -0.3 is 20.4 Å². The lowest BCUT2D eigenvalue weighted by Gasteiger charge is -2.35. The third-order valence-corrected chi connectivity index (χ3v) is 4.60. The minimum Gasteiger partial charge on any atom is -0.445 e. The first-order valence-electron chi connectivity index (χ1n) is 9.05. The number of rotatable bonds is 5. The first kappa shape index (κ1) is 19.1. The summed E-state index contributed by atoms with van der Waals surface area (Å²) in [5.74, 6) is 0.196. The monoisotopic (exact) mass is 374 g/mol. The molecular formula is C18H26N6O3. The van der Waals surface area contributed by atoms with Crippen LogP contribution in [0.1, 0.15) is 31.3 Å². The Morgan fingerprint density at radius 1 is 1.22 bits per heavy atom. The van der Waals surface area contributed by atoms with Crippen molar-refractivity contribution in [2.75, 3.05) is 44.2 Å². The predicted octanol–water partition coefficient (Wildman–Crippen LogP) is 0.606. The van der Waals surface area contributed by atoms with Crippen LogP contribution in [-0.4, -0.2) is 66.0 Å². The largest absolute Gasteiger partial charge is 0.445 e. The molecule has 27 heavy (non-hydrogen) atoms. The highest BCUT2D eigenvalue weighted by Gasteiger charge is 2.24. The van der Waals surface area contributed by atoms with Crippen molar-refractivity contribution in [3.63, 3.8) is 0 Å². The Bertz CT molecular complexity index is 833. The first-order valence-corrected chi connectivity index (χ1v) is 9.05. The molecule has 0 bridgehead atoms. The molecule has 0 atom stereocenters. The number of anilines is 1. The molecule has 0 unspecified atom stereocenters. The fraction of sp³-hybridized carbons (Fsp3) is 0.556. The van der Waals surface area contributed by atoms with E-state index in [-0.39, 0.29) is 17.1 Å².